The van der Waals surface area contributed by atoms with E-state index in [0.717, 1.165) is 34.2 Å². The number of aryl methyl sites for hydroxylation is 1. The van der Waals surface area contributed by atoms with E-state index in [2.05, 4.69) is 5.32 Å². The maximum Gasteiger partial charge on any atom is 0.416 e. The minimum absolute atomic E-state index is 0.0980. The summed E-state index contributed by atoms with van der Waals surface area (Å²) in [5.41, 5.74) is 1.81. The monoisotopic (exact) mass is 522 g/mol. The van der Waals surface area contributed by atoms with Gasteiger partial charge in [-0.1, -0.05) is 25.1 Å². The summed E-state index contributed by atoms with van der Waals surface area (Å²) < 4.78 is 68.0. The first-order valence-electron chi connectivity index (χ1n) is 12.1. The maximum absolute atomic E-state index is 13.9. The van der Waals surface area contributed by atoms with Gasteiger partial charge in [0.1, 0.15) is 0 Å². The highest BCUT2D eigenvalue weighted by atomic mass is 19.4. The van der Waals surface area contributed by atoms with Crippen LogP contribution in [0.4, 0.5) is 33.3 Å². The fourth-order valence-corrected chi connectivity index (χ4v) is 4.75. The van der Waals surface area contributed by atoms with Crippen LogP contribution in [0.3, 0.4) is 0 Å². The van der Waals surface area contributed by atoms with E-state index in [1.165, 1.54) is 13.0 Å². The number of hydrogen-bond donors (Lipinski definition) is 2. The molecule has 1 aliphatic heterocycles. The van der Waals surface area contributed by atoms with Crippen molar-refractivity contribution >= 4 is 28.8 Å². The fourth-order valence-electron chi connectivity index (χ4n) is 4.75. The van der Waals surface area contributed by atoms with E-state index in [0.29, 0.717) is 30.5 Å². The fraction of sp³-hybridized carbons (Fsp3) is 0.407. The van der Waals surface area contributed by atoms with Crippen molar-refractivity contribution in [3.8, 4) is 0 Å². The first-order chi connectivity index (χ1) is 17.4. The van der Waals surface area contributed by atoms with Gasteiger partial charge in [0.05, 0.1) is 23.8 Å². The molecule has 0 fully saturated rings. The van der Waals surface area contributed by atoms with Crippen LogP contribution < -0.4 is 10.2 Å². The number of halogens is 5. The largest absolute Gasteiger partial charge is 0.416 e. The van der Waals surface area contributed by atoms with Crippen molar-refractivity contribution < 1.29 is 36.6 Å². The molecular formula is C27H27F5N2O3. The molecule has 1 unspecified atom stereocenters. The van der Waals surface area contributed by atoms with E-state index in [-0.39, 0.29) is 24.2 Å². The second-order valence-electron chi connectivity index (χ2n) is 9.41. The number of nitrogens with one attached hydrogen (secondary N) is 1. The second kappa shape index (κ2) is 10.2. The third-order valence-electron chi connectivity index (χ3n) is 6.82. The summed E-state index contributed by atoms with van der Waals surface area (Å²) in [4.78, 5) is 26.5. The summed E-state index contributed by atoms with van der Waals surface area (Å²) >= 11 is 0. The van der Waals surface area contributed by atoms with E-state index < -0.39 is 48.4 Å². The lowest BCUT2D eigenvalue weighted by Crippen LogP contribution is -2.38. The Labute approximate surface area is 211 Å². The van der Waals surface area contributed by atoms with Crippen LogP contribution in [0, 0.1) is 0 Å². The van der Waals surface area contributed by atoms with Crippen LogP contribution in [0.15, 0.2) is 42.5 Å². The lowest BCUT2D eigenvalue weighted by Gasteiger charge is -2.32. The number of aliphatic hydroxyl groups is 1. The molecule has 0 saturated carbocycles. The first kappa shape index (κ1) is 26.8. The summed E-state index contributed by atoms with van der Waals surface area (Å²) in [6.07, 6.45) is -3.86. The van der Waals surface area contributed by atoms with Crippen LogP contribution in [0.25, 0.3) is 5.57 Å². The zero-order chi connectivity index (χ0) is 27.0. The predicted octanol–water partition coefficient (Wildman–Crippen LogP) is 5.75. The molecule has 0 spiro atoms. The zero-order valence-electron chi connectivity index (χ0n) is 20.2. The number of alkyl halides is 5. The van der Waals surface area contributed by atoms with Crippen LogP contribution in [-0.2, 0) is 28.6 Å². The molecule has 0 bridgehead atoms. The zero-order valence-corrected chi connectivity index (χ0v) is 20.2. The molecule has 198 valence electrons. The number of carbonyl (C=O) groups excluding carboxylic acids is 2. The third-order valence-corrected chi connectivity index (χ3v) is 6.82. The highest BCUT2D eigenvalue weighted by molar-refractivity contribution is 6.07. The quantitative estimate of drug-likeness (QED) is 0.388. The lowest BCUT2D eigenvalue weighted by molar-refractivity contribution is -0.137. The van der Waals surface area contributed by atoms with Crippen LogP contribution in [0.1, 0.15) is 54.9 Å². The van der Waals surface area contributed by atoms with Gasteiger partial charge in [-0.15, -0.1) is 0 Å². The number of rotatable bonds is 5. The van der Waals surface area contributed by atoms with Crippen LogP contribution in [0.2, 0.25) is 0 Å². The molecule has 2 aromatic rings. The number of carbonyl (C=O) groups is 2. The van der Waals surface area contributed by atoms with Crippen molar-refractivity contribution in [3.05, 3.63) is 64.7 Å². The molecule has 5 nitrogen and oxygen atoms in total. The molecule has 1 heterocycles. The van der Waals surface area contributed by atoms with Crippen LogP contribution in [-0.4, -0.2) is 35.5 Å². The van der Waals surface area contributed by atoms with Crippen LogP contribution >= 0.6 is 0 Å². The van der Waals surface area contributed by atoms with Gasteiger partial charge < -0.3 is 15.3 Å². The van der Waals surface area contributed by atoms with E-state index in [1.807, 2.05) is 6.07 Å². The smallest absolute Gasteiger partial charge is 0.393 e. The number of nitrogens with zero attached hydrogens (tertiary/aromatic N) is 1. The lowest BCUT2D eigenvalue weighted by atomic mass is 9.88. The van der Waals surface area contributed by atoms with Gasteiger partial charge in [0.25, 0.3) is 5.92 Å². The van der Waals surface area contributed by atoms with Gasteiger partial charge in [-0.3, -0.25) is 9.59 Å². The molecule has 1 aliphatic carbocycles. The Morgan fingerprint density at radius 2 is 1.89 bits per heavy atom. The Morgan fingerprint density at radius 3 is 2.59 bits per heavy atom. The molecule has 4 rings (SSSR count). The molecule has 2 aliphatic rings. The van der Waals surface area contributed by atoms with Gasteiger partial charge in [0.15, 0.2) is 0 Å². The second-order valence-corrected chi connectivity index (χ2v) is 9.41. The van der Waals surface area contributed by atoms with Crippen molar-refractivity contribution in [3.63, 3.8) is 0 Å². The molecular weight excluding hydrogens is 495 g/mol. The van der Waals surface area contributed by atoms with Crippen molar-refractivity contribution in [2.45, 2.75) is 63.7 Å². The number of aliphatic hydroxyl groups excluding tert-OH is 1. The average Bonchev–Trinajstić information content (AvgIpc) is 2.83. The number of fused-ring (bicyclic) bond motifs is 2. The molecule has 0 saturated heterocycles. The van der Waals surface area contributed by atoms with Gasteiger partial charge in [-0.05, 0) is 54.2 Å². The molecule has 2 aromatic carbocycles. The van der Waals surface area contributed by atoms with E-state index in [9.17, 15) is 36.6 Å². The Balaban J connectivity index is 1.65. The normalized spacial score (nSPS) is 18.8. The van der Waals surface area contributed by atoms with Crippen molar-refractivity contribution in [1.29, 1.82) is 0 Å². The minimum Gasteiger partial charge on any atom is -0.393 e. The molecule has 0 radical (unpaired) electrons. The van der Waals surface area contributed by atoms with Crippen LogP contribution in [0.5, 0.6) is 0 Å². The topological polar surface area (TPSA) is 69.6 Å². The van der Waals surface area contributed by atoms with E-state index in [1.54, 1.807) is 12.1 Å². The molecule has 37 heavy (non-hydrogen) atoms. The summed E-state index contributed by atoms with van der Waals surface area (Å²) in [7, 11) is 0. The SMILES string of the molecule is CCC(F)(F)CC(=O)N1CC/C(=C\C(=O)Nc2cccc3c2CC(O)CC3)c2ccc(C(F)(F)F)cc21. The Kier molecular flexibility index (Phi) is 7.41. The summed E-state index contributed by atoms with van der Waals surface area (Å²) in [5, 5.41) is 12.8. The minimum atomic E-state index is -4.70. The van der Waals surface area contributed by atoms with Gasteiger partial charge in [0.2, 0.25) is 11.8 Å². The van der Waals surface area contributed by atoms with Crippen molar-refractivity contribution in [2.75, 3.05) is 16.8 Å². The number of amides is 2. The first-order valence-corrected chi connectivity index (χ1v) is 12.1. The Hall–Kier alpha value is -3.27. The summed E-state index contributed by atoms with van der Waals surface area (Å²) in [6, 6.07) is 8.20. The highest BCUT2D eigenvalue weighted by Crippen LogP contribution is 2.40. The van der Waals surface area contributed by atoms with E-state index in [4.69, 9.17) is 0 Å². The summed E-state index contributed by atoms with van der Waals surface area (Å²) in [6.45, 7) is 1.09. The molecule has 0 aromatic heterocycles. The van der Waals surface area contributed by atoms with Gasteiger partial charge in [-0.2, -0.15) is 13.2 Å². The van der Waals surface area contributed by atoms with Crippen molar-refractivity contribution in [2.24, 2.45) is 0 Å². The number of hydrogen-bond acceptors (Lipinski definition) is 3. The molecule has 2 amide bonds. The highest BCUT2D eigenvalue weighted by Gasteiger charge is 2.37. The van der Waals surface area contributed by atoms with Gasteiger partial charge >= 0.3 is 6.18 Å². The van der Waals surface area contributed by atoms with Gasteiger partial charge in [-0.25, -0.2) is 8.78 Å². The Bertz CT molecular complexity index is 1240. The maximum atomic E-state index is 13.9. The molecule has 1 atom stereocenters. The number of anilines is 2. The van der Waals surface area contributed by atoms with E-state index >= 15 is 0 Å². The molecule has 10 heteroatoms. The standard InChI is InChI=1S/C27H27F5N2O3/c1-2-26(28,29)15-25(37)34-11-10-17(20-9-7-18(13-23(20)34)27(30,31)32)12-24(36)33-22-5-3-4-16-6-8-19(35)14-21(16)22/h3-5,7,9,12-13,19,35H,2,6,8,10-11,14-15H2,1H3,(H,33,36)/b17-12+. The van der Waals surface area contributed by atoms with Crippen molar-refractivity contribution in [1.82, 2.24) is 0 Å². The Morgan fingerprint density at radius 1 is 1.14 bits per heavy atom. The predicted molar refractivity (Wildman–Crippen MR) is 129 cm³/mol. The van der Waals surface area contributed by atoms with Gasteiger partial charge in [0, 0.05) is 36.7 Å². The third kappa shape index (κ3) is 6.01. The number of benzene rings is 2. The summed E-state index contributed by atoms with van der Waals surface area (Å²) in [5.74, 6) is -4.78. The average molecular weight is 523 g/mol. The molecule has 2 N–H and O–H groups in total.